The molecule has 192 valence electrons. The normalized spacial score (nSPS) is 16.8. The molecule has 0 bridgehead atoms. The van der Waals surface area contributed by atoms with E-state index in [2.05, 4.69) is 10.2 Å². The summed E-state index contributed by atoms with van der Waals surface area (Å²) in [5, 5.41) is 15.1. The van der Waals surface area contributed by atoms with Crippen LogP contribution in [0.25, 0.3) is 10.2 Å². The van der Waals surface area contributed by atoms with Crippen molar-refractivity contribution in [2.45, 2.75) is 51.5 Å². The first-order chi connectivity index (χ1) is 17.9. The molecule has 0 saturated carbocycles. The molecule has 0 spiro atoms. The van der Waals surface area contributed by atoms with Gasteiger partial charge in [0.15, 0.2) is 0 Å². The van der Waals surface area contributed by atoms with Gasteiger partial charge >= 0.3 is 0 Å². The van der Waals surface area contributed by atoms with Crippen LogP contribution in [-0.4, -0.2) is 33.1 Å². The lowest BCUT2D eigenvalue weighted by Gasteiger charge is -2.28. The minimum Gasteiger partial charge on any atom is -0.387 e. The summed E-state index contributed by atoms with van der Waals surface area (Å²) in [6.45, 7) is 4.53. The summed E-state index contributed by atoms with van der Waals surface area (Å²) < 4.78 is 1.97. The van der Waals surface area contributed by atoms with Crippen LogP contribution in [0.5, 0.6) is 0 Å². The Morgan fingerprint density at radius 2 is 1.95 bits per heavy atom. The van der Waals surface area contributed by atoms with Crippen LogP contribution in [0.3, 0.4) is 0 Å². The predicted molar refractivity (Wildman–Crippen MR) is 149 cm³/mol. The quantitative estimate of drug-likeness (QED) is 0.318. The molecule has 0 unspecified atom stereocenters. The zero-order valence-corrected chi connectivity index (χ0v) is 22.3. The van der Waals surface area contributed by atoms with Crippen LogP contribution in [0.4, 0.5) is 0 Å². The van der Waals surface area contributed by atoms with E-state index in [-0.39, 0.29) is 22.9 Å². The number of fused-ring (bicyclic) bond motifs is 1. The molecule has 2 aromatic carbocycles. The third-order valence-electron chi connectivity index (χ3n) is 7.03. The van der Waals surface area contributed by atoms with Crippen LogP contribution in [0.15, 0.2) is 71.7 Å². The molecule has 2 atom stereocenters. The topological polar surface area (TPSA) is 74.6 Å². The zero-order chi connectivity index (χ0) is 25.9. The molecule has 4 aromatic rings. The molecule has 1 amide bonds. The van der Waals surface area contributed by atoms with Crippen molar-refractivity contribution in [2.24, 2.45) is 0 Å². The van der Waals surface area contributed by atoms with Gasteiger partial charge in [0.25, 0.3) is 5.91 Å². The van der Waals surface area contributed by atoms with Gasteiger partial charge in [-0.2, -0.15) is 0 Å². The molecule has 8 heteroatoms. The Morgan fingerprint density at radius 3 is 2.68 bits per heavy atom. The van der Waals surface area contributed by atoms with Gasteiger partial charge in [0.2, 0.25) is 5.43 Å². The summed E-state index contributed by atoms with van der Waals surface area (Å²) in [6, 6.07) is 19.0. The number of aliphatic hydroxyl groups is 1. The van der Waals surface area contributed by atoms with Gasteiger partial charge in [0.1, 0.15) is 10.4 Å². The lowest BCUT2D eigenvalue weighted by atomic mass is 10.0. The smallest absolute Gasteiger partial charge is 0.257 e. The Labute approximate surface area is 225 Å². The van der Waals surface area contributed by atoms with Crippen LogP contribution < -0.4 is 10.7 Å². The van der Waals surface area contributed by atoms with Gasteiger partial charge in [-0.3, -0.25) is 14.5 Å². The second-order valence-electron chi connectivity index (χ2n) is 9.43. The molecule has 6 nitrogen and oxygen atoms in total. The summed E-state index contributed by atoms with van der Waals surface area (Å²) in [6.07, 6.45) is 3.07. The van der Waals surface area contributed by atoms with E-state index in [1.807, 2.05) is 60.0 Å². The van der Waals surface area contributed by atoms with E-state index in [1.165, 1.54) is 0 Å². The van der Waals surface area contributed by atoms with E-state index in [1.54, 1.807) is 29.7 Å². The van der Waals surface area contributed by atoms with Gasteiger partial charge in [0.05, 0.1) is 11.5 Å². The highest BCUT2D eigenvalue weighted by Gasteiger charge is 2.32. The molecule has 0 radical (unpaired) electrons. The maximum absolute atomic E-state index is 13.4. The largest absolute Gasteiger partial charge is 0.387 e. The van der Waals surface area contributed by atoms with Gasteiger partial charge in [-0.05, 0) is 55.6 Å². The van der Waals surface area contributed by atoms with Gasteiger partial charge in [-0.15, -0.1) is 11.3 Å². The first kappa shape index (κ1) is 25.7. The van der Waals surface area contributed by atoms with Crippen molar-refractivity contribution in [2.75, 3.05) is 6.54 Å². The van der Waals surface area contributed by atoms with Crippen LogP contribution >= 0.6 is 22.9 Å². The number of pyridine rings is 1. The number of hydrogen-bond donors (Lipinski definition) is 2. The molecule has 0 aliphatic carbocycles. The van der Waals surface area contributed by atoms with Crippen molar-refractivity contribution in [3.63, 3.8) is 0 Å². The predicted octanol–water partition coefficient (Wildman–Crippen LogP) is 5.36. The lowest BCUT2D eigenvalue weighted by molar-refractivity contribution is 0.0693. The number of rotatable bonds is 8. The number of aryl methyl sites for hydroxylation is 1. The SMILES string of the molecule is CCn1cc(C(=O)NCc2ccc(Cl)cc2)c(=O)c2cc(CN3CCC[C@@H]3[C@@H](O)c3ccccc3)sc21. The van der Waals surface area contributed by atoms with E-state index in [0.29, 0.717) is 30.0 Å². The molecule has 3 heterocycles. The van der Waals surface area contributed by atoms with E-state index < -0.39 is 6.10 Å². The monoisotopic (exact) mass is 535 g/mol. The summed E-state index contributed by atoms with van der Waals surface area (Å²) in [4.78, 5) is 30.6. The van der Waals surface area contributed by atoms with Gasteiger partial charge in [0, 0.05) is 41.8 Å². The number of aromatic nitrogens is 1. The number of likely N-dealkylation sites (tertiary alicyclic amines) is 1. The molecule has 2 aromatic heterocycles. The average Bonchev–Trinajstić information content (AvgIpc) is 3.56. The summed E-state index contributed by atoms with van der Waals surface area (Å²) >= 11 is 7.53. The Kier molecular flexibility index (Phi) is 7.76. The number of benzene rings is 2. The maximum atomic E-state index is 13.4. The highest BCUT2D eigenvalue weighted by atomic mass is 35.5. The van der Waals surface area contributed by atoms with Gasteiger partial charge in [-0.25, -0.2) is 0 Å². The average molecular weight is 536 g/mol. The van der Waals surface area contributed by atoms with Crippen molar-refractivity contribution >= 4 is 39.1 Å². The third-order valence-corrected chi connectivity index (χ3v) is 8.44. The van der Waals surface area contributed by atoms with Crippen molar-refractivity contribution in [1.29, 1.82) is 0 Å². The van der Waals surface area contributed by atoms with Gasteiger partial charge < -0.3 is 15.0 Å². The number of carbonyl (C=O) groups excluding carboxylic acids is 1. The number of amides is 1. The highest BCUT2D eigenvalue weighted by Crippen LogP contribution is 2.33. The summed E-state index contributed by atoms with van der Waals surface area (Å²) in [7, 11) is 0. The standard InChI is InChI=1S/C29H30ClN3O3S/c1-2-32-18-24(28(36)31-16-19-10-12-21(30)13-11-19)27(35)23-15-22(37-29(23)32)17-33-14-6-9-25(33)26(34)20-7-4-3-5-8-20/h3-5,7-8,10-13,15,18,25-26,34H,2,6,9,14,16-17H2,1H3,(H,31,36)/t25-,26+/m1/s1. The fourth-order valence-corrected chi connectivity index (χ4v) is 6.40. The summed E-state index contributed by atoms with van der Waals surface area (Å²) in [5.41, 5.74) is 1.73. The van der Waals surface area contributed by atoms with E-state index in [9.17, 15) is 14.7 Å². The maximum Gasteiger partial charge on any atom is 0.257 e. The Bertz CT molecular complexity index is 1450. The fourth-order valence-electron chi connectivity index (χ4n) is 5.06. The van der Waals surface area contributed by atoms with E-state index in [4.69, 9.17) is 11.6 Å². The zero-order valence-electron chi connectivity index (χ0n) is 20.7. The Morgan fingerprint density at radius 1 is 1.19 bits per heavy atom. The summed E-state index contributed by atoms with van der Waals surface area (Å²) in [5.74, 6) is -0.387. The number of halogens is 1. The third kappa shape index (κ3) is 5.50. The van der Waals surface area contributed by atoms with Gasteiger partial charge in [-0.1, -0.05) is 54.1 Å². The molecule has 2 N–H and O–H groups in total. The Balaban J connectivity index is 1.37. The fraction of sp³-hybridized carbons (Fsp3) is 0.310. The molecule has 5 rings (SSSR count). The number of hydrogen-bond acceptors (Lipinski definition) is 5. The van der Waals surface area contributed by atoms with Crippen molar-refractivity contribution in [3.8, 4) is 0 Å². The molecular weight excluding hydrogens is 506 g/mol. The first-order valence-corrected chi connectivity index (χ1v) is 13.8. The molecule has 1 fully saturated rings. The van der Waals surface area contributed by atoms with Crippen LogP contribution in [0.1, 0.15) is 52.2 Å². The second-order valence-corrected chi connectivity index (χ2v) is 11.0. The van der Waals surface area contributed by atoms with Crippen molar-refractivity contribution < 1.29 is 9.90 Å². The highest BCUT2D eigenvalue weighted by molar-refractivity contribution is 7.18. The van der Waals surface area contributed by atoms with Crippen molar-refractivity contribution in [3.05, 3.63) is 104 Å². The molecule has 1 aliphatic heterocycles. The lowest BCUT2D eigenvalue weighted by Crippen LogP contribution is -2.33. The number of aliphatic hydroxyl groups excluding tert-OH is 1. The minimum absolute atomic E-state index is 0.0341. The van der Waals surface area contributed by atoms with Crippen LogP contribution in [0.2, 0.25) is 5.02 Å². The number of nitrogens with zero attached hydrogens (tertiary/aromatic N) is 2. The minimum atomic E-state index is -0.551. The van der Waals surface area contributed by atoms with E-state index in [0.717, 1.165) is 40.2 Å². The second kappa shape index (κ2) is 11.2. The number of carbonyl (C=O) groups is 1. The molecular formula is C29H30ClN3O3S. The molecule has 1 aliphatic rings. The number of nitrogens with one attached hydrogen (secondary N) is 1. The first-order valence-electron chi connectivity index (χ1n) is 12.6. The Hall–Kier alpha value is -2.97. The molecule has 37 heavy (non-hydrogen) atoms. The molecule has 1 saturated heterocycles. The number of thiophene rings is 1. The van der Waals surface area contributed by atoms with E-state index >= 15 is 0 Å². The van der Waals surface area contributed by atoms with Crippen LogP contribution in [-0.2, 0) is 19.6 Å². The van der Waals surface area contributed by atoms with Crippen LogP contribution in [0, 0.1) is 0 Å². The van der Waals surface area contributed by atoms with Crippen molar-refractivity contribution in [1.82, 2.24) is 14.8 Å².